The van der Waals surface area contributed by atoms with Crippen LogP contribution in [0.1, 0.15) is 39.0 Å². The van der Waals surface area contributed by atoms with E-state index in [0.717, 1.165) is 32.6 Å². The van der Waals surface area contributed by atoms with Crippen LogP contribution in [0.3, 0.4) is 0 Å². The predicted molar refractivity (Wildman–Crippen MR) is 74.8 cm³/mol. The molecule has 1 rings (SSSR count). The molecule has 0 aromatic carbocycles. The summed E-state index contributed by atoms with van der Waals surface area (Å²) in [7, 11) is -3.79. The molecule has 0 aliphatic heterocycles. The number of nitrogens with one attached hydrogen (secondary N) is 1. The van der Waals surface area contributed by atoms with E-state index in [2.05, 4.69) is 4.72 Å². The summed E-state index contributed by atoms with van der Waals surface area (Å²) in [6.45, 7) is 1.79. The van der Waals surface area contributed by atoms with Crippen LogP contribution in [0.2, 0.25) is 0 Å². The van der Waals surface area contributed by atoms with Crippen LogP contribution in [0.5, 0.6) is 0 Å². The number of ether oxygens (including phenoxy) is 1. The van der Waals surface area contributed by atoms with Gasteiger partial charge in [0.15, 0.2) is 5.25 Å². The van der Waals surface area contributed by atoms with E-state index in [-0.39, 0.29) is 18.7 Å². The highest BCUT2D eigenvalue weighted by Gasteiger charge is 2.26. The molecule has 1 fully saturated rings. The molecule has 1 unspecified atom stereocenters. The van der Waals surface area contributed by atoms with Crippen LogP contribution < -0.4 is 10.5 Å². The summed E-state index contributed by atoms with van der Waals surface area (Å²) < 4.78 is 31.0. The second-order valence-electron chi connectivity index (χ2n) is 5.18. The Morgan fingerprint density at radius 1 is 1.40 bits per heavy atom. The van der Waals surface area contributed by atoms with Gasteiger partial charge < -0.3 is 15.6 Å². The fourth-order valence-corrected chi connectivity index (χ4v) is 2.99. The summed E-state index contributed by atoms with van der Waals surface area (Å²) in [5.74, 6) is -1.35. The third-order valence-corrected chi connectivity index (χ3v) is 5.25. The van der Waals surface area contributed by atoms with Gasteiger partial charge in [-0.2, -0.15) is 0 Å². The zero-order valence-corrected chi connectivity index (χ0v) is 12.6. The van der Waals surface area contributed by atoms with E-state index in [0.29, 0.717) is 13.0 Å². The minimum atomic E-state index is -3.79. The Kier molecular flexibility index (Phi) is 6.87. The molecule has 0 saturated heterocycles. The van der Waals surface area contributed by atoms with Crippen molar-refractivity contribution in [1.82, 2.24) is 4.72 Å². The molecule has 1 saturated carbocycles. The first kappa shape index (κ1) is 17.4. The highest BCUT2D eigenvalue weighted by molar-refractivity contribution is 7.90. The number of aliphatic carboxylic acids is 1. The van der Waals surface area contributed by atoms with Gasteiger partial charge in [0.25, 0.3) is 0 Å². The monoisotopic (exact) mass is 308 g/mol. The molecule has 1 aliphatic carbocycles. The van der Waals surface area contributed by atoms with Gasteiger partial charge in [0.2, 0.25) is 10.0 Å². The van der Waals surface area contributed by atoms with Crippen LogP contribution in [0, 0.1) is 0 Å². The van der Waals surface area contributed by atoms with Crippen molar-refractivity contribution >= 4 is 16.0 Å². The zero-order chi connectivity index (χ0) is 15.2. The Balaban J connectivity index is 2.14. The fourth-order valence-electron chi connectivity index (χ4n) is 2.05. The molecule has 7 nitrogen and oxygen atoms in total. The minimum Gasteiger partial charge on any atom is -0.480 e. The van der Waals surface area contributed by atoms with Crippen molar-refractivity contribution in [2.45, 2.75) is 56.4 Å². The van der Waals surface area contributed by atoms with E-state index in [1.165, 1.54) is 0 Å². The maximum Gasteiger partial charge on any atom is 0.323 e. The average molecular weight is 308 g/mol. The molecule has 20 heavy (non-hydrogen) atoms. The van der Waals surface area contributed by atoms with Crippen LogP contribution in [0.15, 0.2) is 0 Å². The first-order valence-electron chi connectivity index (χ1n) is 6.91. The van der Waals surface area contributed by atoms with E-state index in [9.17, 15) is 13.2 Å². The topological polar surface area (TPSA) is 119 Å². The molecule has 1 atom stereocenters. The molecule has 1 aliphatic rings. The van der Waals surface area contributed by atoms with Crippen LogP contribution in [0.25, 0.3) is 0 Å². The third-order valence-electron chi connectivity index (χ3n) is 3.51. The van der Waals surface area contributed by atoms with Gasteiger partial charge >= 0.3 is 5.97 Å². The lowest BCUT2D eigenvalue weighted by atomic mass is 9.94. The lowest BCUT2D eigenvalue weighted by Crippen LogP contribution is -2.38. The lowest BCUT2D eigenvalue weighted by molar-refractivity contribution is -0.136. The van der Waals surface area contributed by atoms with Gasteiger partial charge in [-0.3, -0.25) is 4.79 Å². The Bertz CT molecular complexity index is 404. The molecule has 0 heterocycles. The Morgan fingerprint density at radius 2 is 2.00 bits per heavy atom. The quantitative estimate of drug-likeness (QED) is 0.545. The van der Waals surface area contributed by atoms with Crippen molar-refractivity contribution in [3.8, 4) is 0 Å². The third kappa shape index (κ3) is 5.74. The van der Waals surface area contributed by atoms with Crippen LogP contribution in [0.4, 0.5) is 0 Å². The molecule has 118 valence electrons. The van der Waals surface area contributed by atoms with Gasteiger partial charge in [-0.05, 0) is 39.0 Å². The zero-order valence-electron chi connectivity index (χ0n) is 11.7. The SMILES string of the molecule is CC(C(=O)O)S(=O)(=O)NCCCOC1CCC(N)CC1. The number of carboxylic acid groups (broad SMARTS) is 1. The van der Waals surface area contributed by atoms with Crippen LogP contribution in [-0.2, 0) is 19.6 Å². The second-order valence-corrected chi connectivity index (χ2v) is 7.27. The van der Waals surface area contributed by atoms with Gasteiger partial charge in [-0.1, -0.05) is 0 Å². The number of sulfonamides is 1. The lowest BCUT2D eigenvalue weighted by Gasteiger charge is -2.26. The standard InChI is InChI=1S/C12H24N2O5S/c1-9(12(15)16)20(17,18)14-7-2-8-19-11-5-3-10(13)4-6-11/h9-11,14H,2-8,13H2,1H3,(H,15,16). The molecule has 0 bridgehead atoms. The molecule has 0 spiro atoms. The summed E-state index contributed by atoms with van der Waals surface area (Å²) >= 11 is 0. The maximum atomic E-state index is 11.5. The number of rotatable bonds is 8. The van der Waals surface area contributed by atoms with Gasteiger partial charge in [-0.15, -0.1) is 0 Å². The van der Waals surface area contributed by atoms with Crippen molar-refractivity contribution in [2.75, 3.05) is 13.2 Å². The van der Waals surface area contributed by atoms with Gasteiger partial charge in [0, 0.05) is 19.2 Å². The molecule has 0 amide bonds. The molecule has 0 aromatic heterocycles. The number of hydrogen-bond donors (Lipinski definition) is 3. The average Bonchev–Trinajstić information content (AvgIpc) is 2.39. The van der Waals surface area contributed by atoms with E-state index >= 15 is 0 Å². The van der Waals surface area contributed by atoms with Gasteiger partial charge in [-0.25, -0.2) is 13.1 Å². The highest BCUT2D eigenvalue weighted by Crippen LogP contribution is 2.19. The van der Waals surface area contributed by atoms with E-state index in [1.807, 2.05) is 0 Å². The van der Waals surface area contributed by atoms with Crippen molar-refractivity contribution in [3.05, 3.63) is 0 Å². The summed E-state index contributed by atoms with van der Waals surface area (Å²) in [5, 5.41) is 7.22. The summed E-state index contributed by atoms with van der Waals surface area (Å²) in [6.07, 6.45) is 4.56. The molecule has 0 radical (unpaired) electrons. The second kappa shape index (κ2) is 7.92. The number of carbonyl (C=O) groups is 1. The van der Waals surface area contributed by atoms with E-state index in [4.69, 9.17) is 15.6 Å². The molecule has 4 N–H and O–H groups in total. The highest BCUT2D eigenvalue weighted by atomic mass is 32.2. The van der Waals surface area contributed by atoms with Crippen LogP contribution >= 0.6 is 0 Å². The van der Waals surface area contributed by atoms with Crippen molar-refractivity contribution in [2.24, 2.45) is 5.73 Å². The molecule has 8 heteroatoms. The normalized spacial score (nSPS) is 25.3. The Labute approximate surface area is 119 Å². The number of hydrogen-bond acceptors (Lipinski definition) is 5. The molecular weight excluding hydrogens is 284 g/mol. The first-order chi connectivity index (χ1) is 9.33. The largest absolute Gasteiger partial charge is 0.480 e. The van der Waals surface area contributed by atoms with Gasteiger partial charge in [0.05, 0.1) is 6.10 Å². The molecular formula is C12H24N2O5S. The summed E-state index contributed by atoms with van der Waals surface area (Å²) in [4.78, 5) is 10.6. The Morgan fingerprint density at radius 3 is 2.55 bits per heavy atom. The van der Waals surface area contributed by atoms with Gasteiger partial charge in [0.1, 0.15) is 0 Å². The number of nitrogens with two attached hydrogens (primary N) is 1. The van der Waals surface area contributed by atoms with E-state index in [1.54, 1.807) is 0 Å². The van der Waals surface area contributed by atoms with Crippen LogP contribution in [-0.4, -0.2) is 50.0 Å². The minimum absolute atomic E-state index is 0.187. The summed E-state index contributed by atoms with van der Waals surface area (Å²) in [6, 6.07) is 0.277. The predicted octanol–water partition coefficient (Wildman–Crippen LogP) is 0.0555. The summed E-state index contributed by atoms with van der Waals surface area (Å²) in [5.41, 5.74) is 5.79. The fraction of sp³-hybridized carbons (Fsp3) is 0.917. The smallest absolute Gasteiger partial charge is 0.323 e. The first-order valence-corrected chi connectivity index (χ1v) is 8.46. The molecule has 0 aromatic rings. The van der Waals surface area contributed by atoms with Crippen molar-refractivity contribution < 1.29 is 23.1 Å². The van der Waals surface area contributed by atoms with E-state index < -0.39 is 21.2 Å². The Hall–Kier alpha value is -0.700. The van der Waals surface area contributed by atoms with Crippen molar-refractivity contribution in [1.29, 1.82) is 0 Å². The number of carboxylic acids is 1. The van der Waals surface area contributed by atoms with Crippen molar-refractivity contribution in [3.63, 3.8) is 0 Å². The maximum absolute atomic E-state index is 11.5.